The standard InChI is InChI=1S/C10H16O3/c1-2-8(10(11)12)7-9-5-3-4-6-13-9/h7,9H,2-6H2,1H3,(H,11,12)/b8-7+. The third-order valence-electron chi connectivity index (χ3n) is 2.26. The van der Waals surface area contributed by atoms with Crippen molar-refractivity contribution in [2.45, 2.75) is 38.7 Å². The Hall–Kier alpha value is -0.830. The maximum Gasteiger partial charge on any atom is 0.331 e. The fourth-order valence-corrected chi connectivity index (χ4v) is 1.46. The average Bonchev–Trinajstić information content (AvgIpc) is 2.15. The van der Waals surface area contributed by atoms with E-state index in [0.29, 0.717) is 12.0 Å². The summed E-state index contributed by atoms with van der Waals surface area (Å²) in [5.41, 5.74) is 0.465. The average molecular weight is 184 g/mol. The number of hydrogen-bond donors (Lipinski definition) is 1. The summed E-state index contributed by atoms with van der Waals surface area (Å²) in [6.45, 7) is 2.61. The SMILES string of the molecule is CC/C(=C\C1CCCCO1)C(=O)O. The van der Waals surface area contributed by atoms with Crippen LogP contribution < -0.4 is 0 Å². The maximum atomic E-state index is 10.7. The number of rotatable bonds is 3. The van der Waals surface area contributed by atoms with Gasteiger partial charge in [-0.25, -0.2) is 4.79 Å². The Morgan fingerprint density at radius 1 is 1.62 bits per heavy atom. The zero-order valence-corrected chi connectivity index (χ0v) is 7.95. The minimum Gasteiger partial charge on any atom is -0.478 e. The summed E-state index contributed by atoms with van der Waals surface area (Å²) in [7, 11) is 0. The van der Waals surface area contributed by atoms with Crippen LogP contribution >= 0.6 is 0 Å². The summed E-state index contributed by atoms with van der Waals surface area (Å²) < 4.78 is 5.42. The molecule has 1 fully saturated rings. The van der Waals surface area contributed by atoms with Gasteiger partial charge >= 0.3 is 5.97 Å². The van der Waals surface area contributed by atoms with Crippen LogP contribution in [-0.2, 0) is 9.53 Å². The van der Waals surface area contributed by atoms with E-state index in [1.165, 1.54) is 0 Å². The number of carboxylic acids is 1. The first-order valence-electron chi connectivity index (χ1n) is 4.79. The molecular formula is C10H16O3. The molecule has 0 saturated carbocycles. The van der Waals surface area contributed by atoms with Gasteiger partial charge in [0, 0.05) is 12.2 Å². The summed E-state index contributed by atoms with van der Waals surface area (Å²) in [6, 6.07) is 0. The van der Waals surface area contributed by atoms with Crippen molar-refractivity contribution in [3.8, 4) is 0 Å². The van der Waals surface area contributed by atoms with Crippen molar-refractivity contribution in [2.24, 2.45) is 0 Å². The number of hydrogen-bond acceptors (Lipinski definition) is 2. The van der Waals surface area contributed by atoms with Crippen molar-refractivity contribution in [1.82, 2.24) is 0 Å². The van der Waals surface area contributed by atoms with E-state index in [1.54, 1.807) is 6.08 Å². The second-order valence-electron chi connectivity index (χ2n) is 3.26. The Bertz CT molecular complexity index is 202. The lowest BCUT2D eigenvalue weighted by atomic mass is 10.1. The topological polar surface area (TPSA) is 46.5 Å². The Labute approximate surface area is 78.4 Å². The molecule has 1 atom stereocenters. The van der Waals surface area contributed by atoms with Crippen LogP contribution in [0.25, 0.3) is 0 Å². The van der Waals surface area contributed by atoms with E-state index in [1.807, 2.05) is 6.92 Å². The van der Waals surface area contributed by atoms with Crippen LogP contribution in [0.4, 0.5) is 0 Å². The second kappa shape index (κ2) is 5.02. The van der Waals surface area contributed by atoms with E-state index in [9.17, 15) is 4.79 Å². The van der Waals surface area contributed by atoms with Gasteiger partial charge < -0.3 is 9.84 Å². The molecule has 1 aliphatic heterocycles. The number of ether oxygens (including phenoxy) is 1. The first-order valence-corrected chi connectivity index (χ1v) is 4.79. The van der Waals surface area contributed by atoms with E-state index in [2.05, 4.69) is 0 Å². The van der Waals surface area contributed by atoms with Gasteiger partial charge in [-0.2, -0.15) is 0 Å². The third kappa shape index (κ3) is 3.19. The summed E-state index contributed by atoms with van der Waals surface area (Å²) in [4.78, 5) is 10.7. The molecule has 0 amide bonds. The van der Waals surface area contributed by atoms with Crippen molar-refractivity contribution >= 4 is 5.97 Å². The summed E-state index contributed by atoms with van der Waals surface area (Å²) >= 11 is 0. The molecule has 0 aromatic carbocycles. The highest BCUT2D eigenvalue weighted by atomic mass is 16.5. The predicted molar refractivity (Wildman–Crippen MR) is 49.6 cm³/mol. The molecule has 0 aromatic rings. The van der Waals surface area contributed by atoms with Gasteiger partial charge in [0.2, 0.25) is 0 Å². The van der Waals surface area contributed by atoms with E-state index >= 15 is 0 Å². The largest absolute Gasteiger partial charge is 0.478 e. The van der Waals surface area contributed by atoms with Gasteiger partial charge in [-0.05, 0) is 31.8 Å². The Morgan fingerprint density at radius 3 is 2.85 bits per heavy atom. The molecule has 1 rings (SSSR count). The van der Waals surface area contributed by atoms with Crippen LogP contribution in [0, 0.1) is 0 Å². The summed E-state index contributed by atoms with van der Waals surface area (Å²) in [5.74, 6) is -0.823. The van der Waals surface area contributed by atoms with Crippen LogP contribution in [0.3, 0.4) is 0 Å². The fraction of sp³-hybridized carbons (Fsp3) is 0.700. The minimum absolute atomic E-state index is 0.0276. The zero-order valence-electron chi connectivity index (χ0n) is 7.95. The highest BCUT2D eigenvalue weighted by Gasteiger charge is 2.14. The zero-order chi connectivity index (χ0) is 9.68. The van der Waals surface area contributed by atoms with Crippen molar-refractivity contribution in [2.75, 3.05) is 6.61 Å². The molecule has 1 N–H and O–H groups in total. The molecule has 1 unspecified atom stereocenters. The molecule has 0 bridgehead atoms. The number of aliphatic carboxylic acids is 1. The lowest BCUT2D eigenvalue weighted by Crippen LogP contribution is -2.18. The molecule has 13 heavy (non-hydrogen) atoms. The van der Waals surface area contributed by atoms with Crippen LogP contribution in [0.1, 0.15) is 32.6 Å². The van der Waals surface area contributed by atoms with Crippen molar-refractivity contribution in [3.63, 3.8) is 0 Å². The Kier molecular flexibility index (Phi) is 3.96. The molecule has 74 valence electrons. The van der Waals surface area contributed by atoms with E-state index in [4.69, 9.17) is 9.84 Å². The van der Waals surface area contributed by atoms with E-state index < -0.39 is 5.97 Å². The first-order chi connectivity index (χ1) is 6.24. The second-order valence-corrected chi connectivity index (χ2v) is 3.26. The highest BCUT2D eigenvalue weighted by Crippen LogP contribution is 2.16. The van der Waals surface area contributed by atoms with Gasteiger partial charge in [-0.3, -0.25) is 0 Å². The number of carbonyl (C=O) groups is 1. The molecular weight excluding hydrogens is 168 g/mol. The summed E-state index contributed by atoms with van der Waals surface area (Å²) in [5, 5.41) is 8.78. The molecule has 3 heteroatoms. The molecule has 0 aliphatic carbocycles. The van der Waals surface area contributed by atoms with E-state index in [0.717, 1.165) is 25.9 Å². The molecule has 0 aromatic heterocycles. The maximum absolute atomic E-state index is 10.7. The Balaban J connectivity index is 2.54. The van der Waals surface area contributed by atoms with Gasteiger partial charge in [-0.15, -0.1) is 0 Å². The first kappa shape index (κ1) is 10.3. The molecule has 1 aliphatic rings. The van der Waals surface area contributed by atoms with Gasteiger partial charge in [0.05, 0.1) is 6.10 Å². The lowest BCUT2D eigenvalue weighted by molar-refractivity contribution is -0.132. The highest BCUT2D eigenvalue weighted by molar-refractivity contribution is 5.86. The van der Waals surface area contributed by atoms with Gasteiger partial charge in [-0.1, -0.05) is 6.92 Å². The van der Waals surface area contributed by atoms with Crippen LogP contribution in [-0.4, -0.2) is 23.8 Å². The minimum atomic E-state index is -0.823. The molecule has 1 heterocycles. The molecule has 3 nitrogen and oxygen atoms in total. The van der Waals surface area contributed by atoms with Crippen LogP contribution in [0.15, 0.2) is 11.6 Å². The van der Waals surface area contributed by atoms with Gasteiger partial charge in [0.15, 0.2) is 0 Å². The smallest absolute Gasteiger partial charge is 0.331 e. The van der Waals surface area contributed by atoms with Crippen molar-refractivity contribution in [1.29, 1.82) is 0 Å². The molecule has 0 spiro atoms. The molecule has 0 radical (unpaired) electrons. The Morgan fingerprint density at radius 2 is 2.38 bits per heavy atom. The van der Waals surface area contributed by atoms with Crippen molar-refractivity contribution < 1.29 is 14.6 Å². The lowest BCUT2D eigenvalue weighted by Gasteiger charge is -2.19. The molecule has 1 saturated heterocycles. The normalized spacial score (nSPS) is 24.4. The summed E-state index contributed by atoms with van der Waals surface area (Å²) in [6.07, 6.45) is 5.53. The van der Waals surface area contributed by atoms with Crippen molar-refractivity contribution in [3.05, 3.63) is 11.6 Å². The monoisotopic (exact) mass is 184 g/mol. The van der Waals surface area contributed by atoms with E-state index in [-0.39, 0.29) is 6.10 Å². The fourth-order valence-electron chi connectivity index (χ4n) is 1.46. The third-order valence-corrected chi connectivity index (χ3v) is 2.26. The number of carboxylic acid groups (broad SMARTS) is 1. The quantitative estimate of drug-likeness (QED) is 0.682. The van der Waals surface area contributed by atoms with Gasteiger partial charge in [0.25, 0.3) is 0 Å². The van der Waals surface area contributed by atoms with Gasteiger partial charge in [0.1, 0.15) is 0 Å². The predicted octanol–water partition coefficient (Wildman–Crippen LogP) is 1.98. The van der Waals surface area contributed by atoms with Crippen LogP contribution in [0.5, 0.6) is 0 Å². The van der Waals surface area contributed by atoms with Crippen LogP contribution in [0.2, 0.25) is 0 Å².